The molecular formula is C25H32N4O6S. The number of anilines is 1. The van der Waals surface area contributed by atoms with Crippen LogP contribution < -0.4 is 16.4 Å². The molecule has 2 aromatic rings. The van der Waals surface area contributed by atoms with Gasteiger partial charge < -0.3 is 21.5 Å². The van der Waals surface area contributed by atoms with Gasteiger partial charge in [0.2, 0.25) is 21.8 Å². The van der Waals surface area contributed by atoms with Crippen molar-refractivity contribution in [2.24, 2.45) is 5.73 Å². The van der Waals surface area contributed by atoms with Gasteiger partial charge in [-0.3, -0.25) is 9.59 Å². The van der Waals surface area contributed by atoms with Gasteiger partial charge in [-0.1, -0.05) is 30.3 Å². The van der Waals surface area contributed by atoms with Crippen molar-refractivity contribution in [3.8, 4) is 0 Å². The lowest BCUT2D eigenvalue weighted by molar-refractivity contribution is -0.142. The van der Waals surface area contributed by atoms with Crippen LogP contribution >= 0.6 is 0 Å². The molecule has 0 aliphatic carbocycles. The van der Waals surface area contributed by atoms with Crippen LogP contribution in [0.1, 0.15) is 37.7 Å². The lowest BCUT2D eigenvalue weighted by atomic mass is 10.0. The highest BCUT2D eigenvalue weighted by Gasteiger charge is 2.40. The standard InChI is InChI=1S/C25H32N4O6S/c26-15-5-4-10-23(30)27-19-13-11-18(12-14-19)17-21(25(32)33)28-24(31)22-9-6-16-29(22)36(34,35)20-7-2-1-3-8-20/h1-3,7-8,11-14,21-22H,4-6,9-10,15-17,26H2,(H,27,30)(H,28,31)(H,32,33)/t21?,22-/m0/s1. The van der Waals surface area contributed by atoms with E-state index in [1.807, 2.05) is 0 Å². The maximum Gasteiger partial charge on any atom is 0.326 e. The van der Waals surface area contributed by atoms with E-state index in [0.717, 1.165) is 10.7 Å². The number of carboxylic acids is 1. The number of amides is 2. The number of unbranched alkanes of at least 4 members (excludes halogenated alkanes) is 1. The van der Waals surface area contributed by atoms with Crippen LogP contribution in [-0.4, -0.2) is 60.8 Å². The number of aliphatic carboxylic acids is 1. The summed E-state index contributed by atoms with van der Waals surface area (Å²) in [6, 6.07) is 12.3. The zero-order chi connectivity index (χ0) is 26.1. The number of hydrogen-bond acceptors (Lipinski definition) is 6. The predicted molar refractivity (Wildman–Crippen MR) is 135 cm³/mol. The van der Waals surface area contributed by atoms with E-state index in [-0.39, 0.29) is 23.8 Å². The molecule has 1 fully saturated rings. The van der Waals surface area contributed by atoms with Crippen LogP contribution in [-0.2, 0) is 30.8 Å². The molecule has 2 atom stereocenters. The van der Waals surface area contributed by atoms with Gasteiger partial charge in [-0.15, -0.1) is 0 Å². The summed E-state index contributed by atoms with van der Waals surface area (Å²) in [6.45, 7) is 0.720. The molecule has 0 radical (unpaired) electrons. The number of nitrogens with one attached hydrogen (secondary N) is 2. The molecule has 1 saturated heterocycles. The van der Waals surface area contributed by atoms with E-state index in [1.165, 1.54) is 12.1 Å². The Morgan fingerprint density at radius 2 is 1.75 bits per heavy atom. The molecule has 5 N–H and O–H groups in total. The number of carbonyl (C=O) groups is 3. The second kappa shape index (κ2) is 12.6. The molecule has 0 saturated carbocycles. The second-order valence-corrected chi connectivity index (χ2v) is 10.6. The van der Waals surface area contributed by atoms with Crippen molar-refractivity contribution in [1.82, 2.24) is 9.62 Å². The topological polar surface area (TPSA) is 159 Å². The smallest absolute Gasteiger partial charge is 0.326 e. The van der Waals surface area contributed by atoms with Gasteiger partial charge in [-0.25, -0.2) is 13.2 Å². The van der Waals surface area contributed by atoms with Crippen LogP contribution in [0.25, 0.3) is 0 Å². The van der Waals surface area contributed by atoms with Gasteiger partial charge in [0, 0.05) is 25.1 Å². The first-order valence-corrected chi connectivity index (χ1v) is 13.4. The van der Waals surface area contributed by atoms with E-state index >= 15 is 0 Å². The van der Waals surface area contributed by atoms with Gasteiger partial charge in [0.1, 0.15) is 12.1 Å². The van der Waals surface area contributed by atoms with Gasteiger partial charge in [0.05, 0.1) is 4.90 Å². The van der Waals surface area contributed by atoms with Crippen LogP contribution in [0.4, 0.5) is 5.69 Å². The van der Waals surface area contributed by atoms with Gasteiger partial charge in [0.25, 0.3) is 0 Å². The van der Waals surface area contributed by atoms with Gasteiger partial charge in [0.15, 0.2) is 0 Å². The van der Waals surface area contributed by atoms with Crippen LogP contribution in [0.3, 0.4) is 0 Å². The molecule has 2 amide bonds. The summed E-state index contributed by atoms with van der Waals surface area (Å²) in [5, 5.41) is 15.0. The molecular weight excluding hydrogens is 484 g/mol. The van der Waals surface area contributed by atoms with Crippen molar-refractivity contribution in [1.29, 1.82) is 0 Å². The van der Waals surface area contributed by atoms with E-state index in [4.69, 9.17) is 5.73 Å². The fourth-order valence-corrected chi connectivity index (χ4v) is 5.78. The first kappa shape index (κ1) is 27.3. The Morgan fingerprint density at radius 1 is 1.06 bits per heavy atom. The summed E-state index contributed by atoms with van der Waals surface area (Å²) in [5.74, 6) is -1.99. The lowest BCUT2D eigenvalue weighted by Gasteiger charge is -2.25. The molecule has 10 nitrogen and oxygen atoms in total. The summed E-state index contributed by atoms with van der Waals surface area (Å²) < 4.78 is 27.2. The maximum absolute atomic E-state index is 13.0. The van der Waals surface area contributed by atoms with Crippen molar-refractivity contribution >= 4 is 33.5 Å². The van der Waals surface area contributed by atoms with E-state index < -0.39 is 34.0 Å². The minimum atomic E-state index is -3.89. The molecule has 1 unspecified atom stereocenters. The van der Waals surface area contributed by atoms with Crippen molar-refractivity contribution in [2.75, 3.05) is 18.4 Å². The molecule has 1 aliphatic heterocycles. The van der Waals surface area contributed by atoms with Crippen molar-refractivity contribution in [3.05, 3.63) is 60.2 Å². The Balaban J connectivity index is 1.63. The first-order chi connectivity index (χ1) is 17.2. The Labute approximate surface area is 210 Å². The SMILES string of the molecule is NCCCCC(=O)Nc1ccc(CC(NC(=O)[C@@H]2CCCN2S(=O)(=O)c2ccccc2)C(=O)O)cc1. The summed E-state index contributed by atoms with van der Waals surface area (Å²) in [7, 11) is -3.89. The third-order valence-corrected chi connectivity index (χ3v) is 7.93. The number of benzene rings is 2. The lowest BCUT2D eigenvalue weighted by Crippen LogP contribution is -2.51. The summed E-state index contributed by atoms with van der Waals surface area (Å²) in [4.78, 5) is 36.9. The minimum absolute atomic E-state index is 0.00392. The molecule has 0 bridgehead atoms. The Kier molecular flexibility index (Phi) is 9.57. The Morgan fingerprint density at radius 3 is 2.39 bits per heavy atom. The fourth-order valence-electron chi connectivity index (χ4n) is 4.10. The number of nitrogens with zero attached hydrogens (tertiary/aromatic N) is 1. The highest BCUT2D eigenvalue weighted by atomic mass is 32.2. The quantitative estimate of drug-likeness (QED) is 0.313. The molecule has 1 aliphatic rings. The van der Waals surface area contributed by atoms with Gasteiger partial charge >= 0.3 is 5.97 Å². The monoisotopic (exact) mass is 516 g/mol. The summed E-state index contributed by atoms with van der Waals surface area (Å²) in [5.41, 5.74) is 6.66. The molecule has 3 rings (SSSR count). The van der Waals surface area contributed by atoms with Crippen LogP contribution in [0.5, 0.6) is 0 Å². The molecule has 1 heterocycles. The van der Waals surface area contributed by atoms with Crippen molar-refractivity contribution in [3.63, 3.8) is 0 Å². The molecule has 2 aromatic carbocycles. The van der Waals surface area contributed by atoms with Crippen molar-refractivity contribution < 1.29 is 27.9 Å². The fraction of sp³-hybridized carbons (Fsp3) is 0.400. The average molecular weight is 517 g/mol. The normalized spacial score (nSPS) is 16.9. The Hall–Kier alpha value is -3.28. The molecule has 11 heteroatoms. The van der Waals surface area contributed by atoms with Crippen LogP contribution in [0.2, 0.25) is 0 Å². The minimum Gasteiger partial charge on any atom is -0.480 e. The number of rotatable bonds is 12. The molecule has 36 heavy (non-hydrogen) atoms. The highest BCUT2D eigenvalue weighted by Crippen LogP contribution is 2.26. The van der Waals surface area contributed by atoms with E-state index in [2.05, 4.69) is 10.6 Å². The van der Waals surface area contributed by atoms with Crippen molar-refractivity contribution in [2.45, 2.75) is 55.5 Å². The zero-order valence-corrected chi connectivity index (χ0v) is 20.7. The van der Waals surface area contributed by atoms with Gasteiger partial charge in [-0.05, 0) is 62.1 Å². The number of carboxylic acid groups (broad SMARTS) is 1. The number of hydrogen-bond donors (Lipinski definition) is 4. The molecule has 0 aromatic heterocycles. The van der Waals surface area contributed by atoms with Gasteiger partial charge in [-0.2, -0.15) is 4.31 Å². The summed E-state index contributed by atoms with van der Waals surface area (Å²) in [6.07, 6.45) is 2.65. The predicted octanol–water partition coefficient (Wildman–Crippen LogP) is 1.72. The highest BCUT2D eigenvalue weighted by molar-refractivity contribution is 7.89. The molecule has 194 valence electrons. The second-order valence-electron chi connectivity index (χ2n) is 8.68. The largest absolute Gasteiger partial charge is 0.480 e. The Bertz CT molecular complexity index is 1150. The van der Waals surface area contributed by atoms with Crippen LogP contribution in [0, 0.1) is 0 Å². The number of sulfonamides is 1. The average Bonchev–Trinajstić information content (AvgIpc) is 3.37. The van der Waals surface area contributed by atoms with E-state index in [1.54, 1.807) is 42.5 Å². The zero-order valence-electron chi connectivity index (χ0n) is 19.9. The molecule has 0 spiro atoms. The first-order valence-electron chi connectivity index (χ1n) is 11.9. The third kappa shape index (κ3) is 7.12. The maximum atomic E-state index is 13.0. The summed E-state index contributed by atoms with van der Waals surface area (Å²) >= 11 is 0. The van der Waals surface area contributed by atoms with E-state index in [0.29, 0.717) is 43.5 Å². The van der Waals surface area contributed by atoms with Crippen LogP contribution in [0.15, 0.2) is 59.5 Å². The van der Waals surface area contributed by atoms with E-state index in [9.17, 15) is 27.9 Å². The third-order valence-electron chi connectivity index (χ3n) is 6.01. The number of nitrogens with two attached hydrogens (primary N) is 1. The number of carbonyl (C=O) groups excluding carboxylic acids is 2.